The topological polar surface area (TPSA) is 34.9 Å². The van der Waals surface area contributed by atoms with E-state index < -0.39 is 0 Å². The summed E-state index contributed by atoms with van der Waals surface area (Å²) in [5, 5.41) is 0.528. The third-order valence-corrected chi connectivity index (χ3v) is 4.42. The van der Waals surface area contributed by atoms with Crippen molar-refractivity contribution >= 4 is 10.9 Å². The summed E-state index contributed by atoms with van der Waals surface area (Å²) in [6.07, 6.45) is 0. The van der Waals surface area contributed by atoms with E-state index in [9.17, 15) is 9.18 Å². The number of benzene rings is 3. The predicted octanol–water partition coefficient (Wildman–Crippen LogP) is 4.56. The fraction of sp³-hybridized carbons (Fsp3) is 0.0909. The molecule has 0 N–H and O–H groups in total. The average Bonchev–Trinajstić information content (AvgIpc) is 2.65. The normalized spacial score (nSPS) is 11.0. The Labute approximate surface area is 150 Å². The largest absolute Gasteiger partial charge is 0.288 e. The number of aryl methyl sites for hydroxylation is 1. The van der Waals surface area contributed by atoms with Crippen LogP contribution in [0.15, 0.2) is 77.6 Å². The van der Waals surface area contributed by atoms with Gasteiger partial charge in [-0.05, 0) is 31.2 Å². The summed E-state index contributed by atoms with van der Waals surface area (Å²) < 4.78 is 15.7. The maximum Gasteiger partial charge on any atom is 0.261 e. The first-order valence-electron chi connectivity index (χ1n) is 8.43. The maximum absolute atomic E-state index is 14.2. The lowest BCUT2D eigenvalue weighted by molar-refractivity contribution is 0.596. The summed E-state index contributed by atoms with van der Waals surface area (Å²) in [4.78, 5) is 17.8. The van der Waals surface area contributed by atoms with Crippen LogP contribution in [0.25, 0.3) is 22.3 Å². The van der Waals surface area contributed by atoms with Crippen molar-refractivity contribution in [1.82, 2.24) is 9.55 Å². The molecule has 4 aromatic rings. The molecule has 1 heterocycles. The van der Waals surface area contributed by atoms with Gasteiger partial charge in [0.2, 0.25) is 0 Å². The Bertz CT molecular complexity index is 1160. The van der Waals surface area contributed by atoms with E-state index in [4.69, 9.17) is 4.98 Å². The molecule has 1 aromatic heterocycles. The van der Waals surface area contributed by atoms with Crippen molar-refractivity contribution in [3.63, 3.8) is 0 Å². The molecule has 0 saturated carbocycles. The number of fused-ring (bicyclic) bond motifs is 1. The van der Waals surface area contributed by atoms with Crippen LogP contribution in [0, 0.1) is 12.7 Å². The number of para-hydroxylation sites is 1. The number of hydrogen-bond donors (Lipinski definition) is 0. The molecule has 3 aromatic carbocycles. The standard InChI is InChI=1S/C22H17FN2O/c1-15-7-6-9-16(13-15)21-24-20-12-5-3-10-18(20)22(26)25(21)14-17-8-2-4-11-19(17)23/h2-13H,14H2,1H3. The molecule has 0 amide bonds. The average molecular weight is 344 g/mol. The van der Waals surface area contributed by atoms with Crippen molar-refractivity contribution in [1.29, 1.82) is 0 Å². The van der Waals surface area contributed by atoms with Gasteiger partial charge < -0.3 is 0 Å². The molecule has 128 valence electrons. The summed E-state index contributed by atoms with van der Waals surface area (Å²) in [6.45, 7) is 2.12. The number of nitrogens with zero attached hydrogens (tertiary/aromatic N) is 2. The Morgan fingerprint density at radius 1 is 0.962 bits per heavy atom. The summed E-state index contributed by atoms with van der Waals surface area (Å²) >= 11 is 0. The first kappa shape index (κ1) is 16.2. The minimum Gasteiger partial charge on any atom is -0.288 e. The molecule has 0 bridgehead atoms. The molecule has 0 aliphatic heterocycles. The van der Waals surface area contributed by atoms with Crippen LogP contribution in [0.1, 0.15) is 11.1 Å². The van der Waals surface area contributed by atoms with Crippen molar-refractivity contribution < 1.29 is 4.39 Å². The van der Waals surface area contributed by atoms with Crippen LogP contribution >= 0.6 is 0 Å². The minimum absolute atomic E-state index is 0.132. The summed E-state index contributed by atoms with van der Waals surface area (Å²) in [6, 6.07) is 21.6. The number of halogens is 1. The molecule has 3 nitrogen and oxygen atoms in total. The van der Waals surface area contributed by atoms with Crippen molar-refractivity contribution in [3.8, 4) is 11.4 Å². The molecule has 26 heavy (non-hydrogen) atoms. The Hall–Kier alpha value is -3.27. The summed E-state index contributed by atoms with van der Waals surface area (Å²) in [5.74, 6) is 0.211. The molecule has 0 unspecified atom stereocenters. The van der Waals surface area contributed by atoms with E-state index in [1.807, 2.05) is 49.4 Å². The van der Waals surface area contributed by atoms with E-state index in [2.05, 4.69) is 0 Å². The van der Waals surface area contributed by atoms with Crippen LogP contribution in [-0.2, 0) is 6.54 Å². The zero-order valence-electron chi connectivity index (χ0n) is 14.3. The number of rotatable bonds is 3. The molecule has 0 fully saturated rings. The van der Waals surface area contributed by atoms with Gasteiger partial charge in [-0.15, -0.1) is 0 Å². The van der Waals surface area contributed by atoms with E-state index in [1.165, 1.54) is 6.07 Å². The first-order valence-corrected chi connectivity index (χ1v) is 8.43. The first-order chi connectivity index (χ1) is 12.6. The fourth-order valence-corrected chi connectivity index (χ4v) is 3.12. The van der Waals surface area contributed by atoms with Gasteiger partial charge in [-0.25, -0.2) is 9.37 Å². The lowest BCUT2D eigenvalue weighted by Gasteiger charge is -2.14. The van der Waals surface area contributed by atoms with Crippen molar-refractivity contribution in [2.24, 2.45) is 0 Å². The third-order valence-electron chi connectivity index (χ3n) is 4.42. The van der Waals surface area contributed by atoms with E-state index in [-0.39, 0.29) is 17.9 Å². The molecule has 0 radical (unpaired) electrons. The molecule has 4 heteroatoms. The maximum atomic E-state index is 14.2. The molecular weight excluding hydrogens is 327 g/mol. The lowest BCUT2D eigenvalue weighted by atomic mass is 10.1. The molecule has 0 atom stereocenters. The molecule has 0 aliphatic rings. The lowest BCUT2D eigenvalue weighted by Crippen LogP contribution is -2.24. The second-order valence-electron chi connectivity index (χ2n) is 6.30. The van der Waals surface area contributed by atoms with Crippen LogP contribution < -0.4 is 5.56 Å². The third kappa shape index (κ3) is 2.90. The van der Waals surface area contributed by atoms with Gasteiger partial charge in [0.25, 0.3) is 5.56 Å². The van der Waals surface area contributed by atoms with E-state index >= 15 is 0 Å². The van der Waals surface area contributed by atoms with E-state index in [0.717, 1.165) is 11.1 Å². The van der Waals surface area contributed by atoms with E-state index in [1.54, 1.807) is 28.8 Å². The highest BCUT2D eigenvalue weighted by atomic mass is 19.1. The monoisotopic (exact) mass is 344 g/mol. The Balaban J connectivity index is 2.00. The Morgan fingerprint density at radius 2 is 1.73 bits per heavy atom. The highest BCUT2D eigenvalue weighted by molar-refractivity contribution is 5.79. The van der Waals surface area contributed by atoms with Crippen LogP contribution in [0.2, 0.25) is 0 Å². The number of hydrogen-bond acceptors (Lipinski definition) is 2. The van der Waals surface area contributed by atoms with Gasteiger partial charge in [-0.2, -0.15) is 0 Å². The smallest absolute Gasteiger partial charge is 0.261 e. The fourth-order valence-electron chi connectivity index (χ4n) is 3.12. The second kappa shape index (κ2) is 6.56. The van der Waals surface area contributed by atoms with Crippen molar-refractivity contribution in [2.45, 2.75) is 13.5 Å². The summed E-state index contributed by atoms with van der Waals surface area (Å²) in [5.41, 5.74) is 2.83. The molecule has 0 spiro atoms. The molecule has 4 rings (SSSR count). The highest BCUT2D eigenvalue weighted by Gasteiger charge is 2.14. The van der Waals surface area contributed by atoms with Gasteiger partial charge in [0, 0.05) is 11.1 Å². The van der Waals surface area contributed by atoms with Gasteiger partial charge >= 0.3 is 0 Å². The zero-order valence-corrected chi connectivity index (χ0v) is 14.3. The van der Waals surface area contributed by atoms with Crippen LogP contribution in [0.4, 0.5) is 4.39 Å². The van der Waals surface area contributed by atoms with Gasteiger partial charge in [-0.1, -0.05) is 54.1 Å². The van der Waals surface area contributed by atoms with E-state index in [0.29, 0.717) is 22.3 Å². The Morgan fingerprint density at radius 3 is 2.54 bits per heavy atom. The van der Waals surface area contributed by atoms with Crippen molar-refractivity contribution in [3.05, 3.63) is 100 Å². The molecule has 0 aliphatic carbocycles. The summed E-state index contributed by atoms with van der Waals surface area (Å²) in [7, 11) is 0. The Kier molecular flexibility index (Phi) is 4.09. The van der Waals surface area contributed by atoms with Gasteiger partial charge in [0.15, 0.2) is 0 Å². The zero-order chi connectivity index (χ0) is 18.1. The quantitative estimate of drug-likeness (QED) is 0.546. The van der Waals surface area contributed by atoms with Crippen LogP contribution in [-0.4, -0.2) is 9.55 Å². The second-order valence-corrected chi connectivity index (χ2v) is 6.30. The molecule has 0 saturated heterocycles. The SMILES string of the molecule is Cc1cccc(-c2nc3ccccc3c(=O)n2Cc2ccccc2F)c1. The minimum atomic E-state index is -0.331. The van der Waals surface area contributed by atoms with Gasteiger partial charge in [-0.3, -0.25) is 9.36 Å². The number of aromatic nitrogens is 2. The van der Waals surface area contributed by atoms with Crippen molar-refractivity contribution in [2.75, 3.05) is 0 Å². The van der Waals surface area contributed by atoms with Gasteiger partial charge in [0.05, 0.1) is 17.4 Å². The van der Waals surface area contributed by atoms with Crippen LogP contribution in [0.3, 0.4) is 0 Å². The van der Waals surface area contributed by atoms with Crippen LogP contribution in [0.5, 0.6) is 0 Å². The predicted molar refractivity (Wildman–Crippen MR) is 102 cm³/mol. The van der Waals surface area contributed by atoms with Gasteiger partial charge in [0.1, 0.15) is 11.6 Å². The highest BCUT2D eigenvalue weighted by Crippen LogP contribution is 2.21. The molecular formula is C22H17FN2O.